The fourth-order valence-electron chi connectivity index (χ4n) is 7.50. The van der Waals surface area contributed by atoms with Gasteiger partial charge in [-0.2, -0.15) is 0 Å². The second kappa shape index (κ2) is 3.90. The molecule has 0 aromatic carbocycles. The molecule has 0 heterocycles. The number of rotatable bonds is 0. The highest BCUT2D eigenvalue weighted by molar-refractivity contribution is 5.84. The molecule has 0 N–H and O–H groups in total. The summed E-state index contributed by atoms with van der Waals surface area (Å²) in [4.78, 5) is 12.3. The molecule has 5 atom stereocenters. The predicted octanol–water partition coefficient (Wildman–Crippen LogP) is 4.99. The lowest BCUT2D eigenvalue weighted by molar-refractivity contribution is -0.144. The lowest BCUT2D eigenvalue weighted by atomic mass is 9.41. The number of ketones is 1. The van der Waals surface area contributed by atoms with Crippen molar-refractivity contribution < 1.29 is 4.79 Å². The van der Waals surface area contributed by atoms with Crippen molar-refractivity contribution >= 4 is 5.78 Å². The van der Waals surface area contributed by atoms with Gasteiger partial charge in [0.05, 0.1) is 0 Å². The summed E-state index contributed by atoms with van der Waals surface area (Å²) < 4.78 is 0. The Morgan fingerprint density at radius 3 is 2.55 bits per heavy atom. The van der Waals surface area contributed by atoms with Crippen LogP contribution in [0.1, 0.15) is 78.6 Å². The minimum absolute atomic E-state index is 0.429. The third-order valence-electron chi connectivity index (χ3n) is 8.18. The summed E-state index contributed by atoms with van der Waals surface area (Å²) in [5.41, 5.74) is 1.47. The normalized spacial score (nSPS) is 53.4. The summed E-state index contributed by atoms with van der Waals surface area (Å²) >= 11 is 0. The highest BCUT2D eigenvalue weighted by Crippen LogP contribution is 2.70. The fourth-order valence-corrected chi connectivity index (χ4v) is 7.50. The molecule has 2 bridgehead atoms. The van der Waals surface area contributed by atoms with Crippen LogP contribution in [-0.2, 0) is 4.79 Å². The molecule has 1 heteroatoms. The Labute approximate surface area is 123 Å². The van der Waals surface area contributed by atoms with E-state index in [0.717, 1.165) is 18.3 Å². The SMILES string of the molecule is CC1(C)CCCC2(C)C1CCC13CC(=O)C(CCC12)C3. The largest absolute Gasteiger partial charge is 0.299 e. The first kappa shape index (κ1) is 13.3. The van der Waals surface area contributed by atoms with E-state index < -0.39 is 0 Å². The minimum atomic E-state index is 0.429. The Hall–Kier alpha value is -0.330. The van der Waals surface area contributed by atoms with E-state index in [2.05, 4.69) is 20.8 Å². The molecule has 1 nitrogen and oxygen atoms in total. The van der Waals surface area contributed by atoms with Crippen LogP contribution in [0, 0.1) is 34.0 Å². The van der Waals surface area contributed by atoms with Crippen molar-refractivity contribution in [1.82, 2.24) is 0 Å². The maximum atomic E-state index is 12.3. The third-order valence-corrected chi connectivity index (χ3v) is 8.18. The van der Waals surface area contributed by atoms with E-state index in [9.17, 15) is 4.79 Å². The summed E-state index contributed by atoms with van der Waals surface area (Å²) in [6, 6.07) is 0. The van der Waals surface area contributed by atoms with E-state index >= 15 is 0 Å². The van der Waals surface area contributed by atoms with Gasteiger partial charge in [-0.05, 0) is 73.0 Å². The summed E-state index contributed by atoms with van der Waals surface area (Å²) in [6.45, 7) is 7.63. The van der Waals surface area contributed by atoms with Gasteiger partial charge in [-0.25, -0.2) is 0 Å². The second-order valence-corrected chi connectivity index (χ2v) is 9.48. The average molecular weight is 274 g/mol. The van der Waals surface area contributed by atoms with Crippen molar-refractivity contribution in [3.05, 3.63) is 0 Å². The lowest BCUT2D eigenvalue weighted by Gasteiger charge is -2.63. The van der Waals surface area contributed by atoms with Crippen LogP contribution in [0.15, 0.2) is 0 Å². The first-order chi connectivity index (χ1) is 9.37. The quantitative estimate of drug-likeness (QED) is 0.608. The molecule has 112 valence electrons. The Morgan fingerprint density at radius 2 is 1.75 bits per heavy atom. The van der Waals surface area contributed by atoms with Crippen molar-refractivity contribution in [2.45, 2.75) is 78.6 Å². The monoisotopic (exact) mass is 274 g/mol. The third kappa shape index (κ3) is 1.53. The molecule has 1 spiro atoms. The molecule has 4 rings (SSSR count). The summed E-state index contributed by atoms with van der Waals surface area (Å²) in [7, 11) is 0. The van der Waals surface area contributed by atoms with E-state index in [1.807, 2.05) is 0 Å². The predicted molar refractivity (Wildman–Crippen MR) is 81.4 cm³/mol. The average Bonchev–Trinajstić information content (AvgIpc) is 2.58. The van der Waals surface area contributed by atoms with Crippen molar-refractivity contribution in [3.8, 4) is 0 Å². The smallest absolute Gasteiger partial charge is 0.136 e. The number of fused-ring (bicyclic) bond motifs is 3. The molecule has 4 aliphatic carbocycles. The van der Waals surface area contributed by atoms with Crippen LogP contribution >= 0.6 is 0 Å². The standard InChI is InChI=1S/C19H30O/c1-17(2)8-4-9-18(3)15(17)7-10-19-11-13(14(20)12-19)5-6-16(18)19/h13,15-16H,4-12H2,1-3H3. The molecular weight excluding hydrogens is 244 g/mol. The van der Waals surface area contributed by atoms with Gasteiger partial charge in [0.15, 0.2) is 0 Å². The molecule has 4 saturated carbocycles. The van der Waals surface area contributed by atoms with Crippen LogP contribution in [0.2, 0.25) is 0 Å². The van der Waals surface area contributed by atoms with E-state index in [1.165, 1.54) is 51.4 Å². The Morgan fingerprint density at radius 1 is 0.950 bits per heavy atom. The van der Waals surface area contributed by atoms with Gasteiger partial charge in [-0.15, -0.1) is 0 Å². The summed E-state index contributed by atoms with van der Waals surface area (Å²) in [6.07, 6.45) is 11.7. The molecule has 0 aromatic rings. The van der Waals surface area contributed by atoms with Crippen LogP contribution < -0.4 is 0 Å². The molecular formula is C19H30O. The molecule has 0 aromatic heterocycles. The lowest BCUT2D eigenvalue weighted by Crippen LogP contribution is -2.55. The highest BCUT2D eigenvalue weighted by Gasteiger charge is 2.63. The highest BCUT2D eigenvalue weighted by atomic mass is 16.1. The molecule has 0 saturated heterocycles. The van der Waals surface area contributed by atoms with E-state index in [-0.39, 0.29) is 0 Å². The summed E-state index contributed by atoms with van der Waals surface area (Å²) in [5.74, 6) is 2.80. The van der Waals surface area contributed by atoms with Gasteiger partial charge in [0, 0.05) is 12.3 Å². The molecule has 0 amide bonds. The molecule has 5 unspecified atom stereocenters. The summed E-state index contributed by atoms with van der Waals surface area (Å²) in [5, 5.41) is 0. The van der Waals surface area contributed by atoms with Gasteiger partial charge in [0.2, 0.25) is 0 Å². The molecule has 0 aliphatic heterocycles. The van der Waals surface area contributed by atoms with Gasteiger partial charge >= 0.3 is 0 Å². The molecule has 20 heavy (non-hydrogen) atoms. The molecule has 4 aliphatic rings. The van der Waals surface area contributed by atoms with Crippen molar-refractivity contribution in [2.75, 3.05) is 0 Å². The van der Waals surface area contributed by atoms with E-state index in [4.69, 9.17) is 0 Å². The van der Waals surface area contributed by atoms with Crippen LogP contribution in [0.5, 0.6) is 0 Å². The number of carbonyl (C=O) groups is 1. The van der Waals surface area contributed by atoms with Crippen molar-refractivity contribution in [3.63, 3.8) is 0 Å². The van der Waals surface area contributed by atoms with Crippen LogP contribution in [-0.4, -0.2) is 5.78 Å². The maximum absolute atomic E-state index is 12.3. The van der Waals surface area contributed by atoms with Gasteiger partial charge in [0.25, 0.3) is 0 Å². The van der Waals surface area contributed by atoms with Gasteiger partial charge in [0.1, 0.15) is 5.78 Å². The van der Waals surface area contributed by atoms with E-state index in [1.54, 1.807) is 0 Å². The minimum Gasteiger partial charge on any atom is -0.299 e. The zero-order chi connectivity index (χ0) is 14.2. The second-order valence-electron chi connectivity index (χ2n) is 9.48. The van der Waals surface area contributed by atoms with Crippen LogP contribution in [0.25, 0.3) is 0 Å². The zero-order valence-corrected chi connectivity index (χ0v) is 13.5. The number of hydrogen-bond donors (Lipinski definition) is 0. The van der Waals surface area contributed by atoms with E-state index in [0.29, 0.717) is 27.9 Å². The molecule has 0 radical (unpaired) electrons. The number of hydrogen-bond acceptors (Lipinski definition) is 1. The first-order valence-electron chi connectivity index (χ1n) is 8.90. The van der Waals surface area contributed by atoms with Crippen molar-refractivity contribution in [2.24, 2.45) is 34.0 Å². The topological polar surface area (TPSA) is 17.1 Å². The van der Waals surface area contributed by atoms with Gasteiger partial charge in [-0.3, -0.25) is 4.79 Å². The van der Waals surface area contributed by atoms with Crippen molar-refractivity contribution in [1.29, 1.82) is 0 Å². The van der Waals surface area contributed by atoms with Crippen LogP contribution in [0.4, 0.5) is 0 Å². The first-order valence-corrected chi connectivity index (χ1v) is 8.90. The van der Waals surface area contributed by atoms with Crippen LogP contribution in [0.3, 0.4) is 0 Å². The Balaban J connectivity index is 1.74. The zero-order valence-electron chi connectivity index (χ0n) is 13.5. The molecule has 4 fully saturated rings. The van der Waals surface area contributed by atoms with Gasteiger partial charge < -0.3 is 0 Å². The Bertz CT molecular complexity index is 451. The van der Waals surface area contributed by atoms with Gasteiger partial charge in [-0.1, -0.05) is 27.2 Å². The number of carbonyl (C=O) groups excluding carboxylic acids is 1. The fraction of sp³-hybridized carbons (Fsp3) is 0.947. The number of Topliss-reactive ketones (excluding diaryl/α,β-unsaturated/α-hetero) is 1. The maximum Gasteiger partial charge on any atom is 0.136 e. The Kier molecular flexibility index (Phi) is 2.60.